The zero-order valence-corrected chi connectivity index (χ0v) is 12.2. The second-order valence-corrected chi connectivity index (χ2v) is 5.75. The van der Waals surface area contributed by atoms with Crippen LogP contribution in [0.15, 0.2) is 29.2 Å². The highest BCUT2D eigenvalue weighted by Gasteiger charge is 2.35. The second-order valence-electron chi connectivity index (χ2n) is 4.35. The number of hydrogen-bond donors (Lipinski definition) is 0. The number of benzene rings is 1. The van der Waals surface area contributed by atoms with Crippen LogP contribution in [0.25, 0.3) is 6.08 Å². The van der Waals surface area contributed by atoms with Crippen LogP contribution < -0.4 is 0 Å². The van der Waals surface area contributed by atoms with Crippen molar-refractivity contribution in [1.82, 2.24) is 9.80 Å². The second kappa shape index (κ2) is 5.77. The molecule has 0 aromatic heterocycles. The molecule has 0 radical (unpaired) electrons. The van der Waals surface area contributed by atoms with Crippen molar-refractivity contribution in [3.63, 3.8) is 0 Å². The molecule has 6 heteroatoms. The molecule has 4 nitrogen and oxygen atoms in total. The SMILES string of the molecule is CN(C)CN1C(=O)SC(=Cc2ccccc2Cl)C1=O. The van der Waals surface area contributed by atoms with E-state index in [1.165, 1.54) is 4.90 Å². The largest absolute Gasteiger partial charge is 0.294 e. The molecular weight excluding hydrogens is 284 g/mol. The van der Waals surface area contributed by atoms with Gasteiger partial charge in [-0.3, -0.25) is 19.4 Å². The zero-order valence-electron chi connectivity index (χ0n) is 10.6. The number of nitrogens with zero attached hydrogens (tertiary/aromatic N) is 2. The Morgan fingerprint density at radius 2 is 2.00 bits per heavy atom. The molecule has 1 aliphatic rings. The van der Waals surface area contributed by atoms with Crippen LogP contribution in [0.4, 0.5) is 4.79 Å². The number of imide groups is 1. The number of hydrogen-bond acceptors (Lipinski definition) is 4. The molecular formula is C13H13ClN2O2S. The van der Waals surface area contributed by atoms with Crippen molar-refractivity contribution in [3.05, 3.63) is 39.8 Å². The molecule has 1 aromatic carbocycles. The number of rotatable bonds is 3. The molecule has 0 atom stereocenters. The molecule has 1 aliphatic heterocycles. The van der Waals surface area contributed by atoms with Gasteiger partial charge in [0.05, 0.1) is 11.6 Å². The van der Waals surface area contributed by atoms with Crippen molar-refractivity contribution < 1.29 is 9.59 Å². The van der Waals surface area contributed by atoms with Gasteiger partial charge in [0.25, 0.3) is 11.1 Å². The van der Waals surface area contributed by atoms with E-state index in [4.69, 9.17) is 11.6 Å². The smallest absolute Gasteiger partial charge is 0.292 e. The van der Waals surface area contributed by atoms with Crippen LogP contribution in [0.5, 0.6) is 0 Å². The van der Waals surface area contributed by atoms with E-state index in [0.717, 1.165) is 17.3 Å². The Kier molecular flexibility index (Phi) is 4.29. The molecule has 0 aliphatic carbocycles. The van der Waals surface area contributed by atoms with Crippen LogP contribution in [0.2, 0.25) is 5.02 Å². The molecule has 1 fully saturated rings. The van der Waals surface area contributed by atoms with Crippen molar-refractivity contribution in [2.45, 2.75) is 0 Å². The summed E-state index contributed by atoms with van der Waals surface area (Å²) in [5.41, 5.74) is 0.736. The van der Waals surface area contributed by atoms with Crippen LogP contribution >= 0.6 is 23.4 Å². The molecule has 2 rings (SSSR count). The van der Waals surface area contributed by atoms with E-state index in [9.17, 15) is 9.59 Å². The standard InChI is InChI=1S/C13H13ClN2O2S/c1-15(2)8-16-12(17)11(19-13(16)18)7-9-5-3-4-6-10(9)14/h3-7H,8H2,1-2H3. The van der Waals surface area contributed by atoms with Gasteiger partial charge in [0, 0.05) is 5.02 Å². The van der Waals surface area contributed by atoms with Gasteiger partial charge in [-0.1, -0.05) is 29.8 Å². The maximum absolute atomic E-state index is 12.1. The summed E-state index contributed by atoms with van der Waals surface area (Å²) in [6, 6.07) is 7.21. The number of thioether (sulfide) groups is 1. The zero-order chi connectivity index (χ0) is 14.0. The van der Waals surface area contributed by atoms with Crippen molar-refractivity contribution in [2.75, 3.05) is 20.8 Å². The van der Waals surface area contributed by atoms with Gasteiger partial charge in [0.2, 0.25) is 0 Å². The highest BCUT2D eigenvalue weighted by Crippen LogP contribution is 2.33. The average Bonchev–Trinajstić information content (AvgIpc) is 2.60. The van der Waals surface area contributed by atoms with E-state index in [1.807, 2.05) is 18.2 Å². The van der Waals surface area contributed by atoms with Crippen molar-refractivity contribution in [2.24, 2.45) is 0 Å². The summed E-state index contributed by atoms with van der Waals surface area (Å²) >= 11 is 6.98. The Labute approximate surface area is 121 Å². The monoisotopic (exact) mass is 296 g/mol. The Morgan fingerprint density at radius 3 is 2.63 bits per heavy atom. The predicted octanol–water partition coefficient (Wildman–Crippen LogP) is 2.90. The maximum Gasteiger partial charge on any atom is 0.294 e. The summed E-state index contributed by atoms with van der Waals surface area (Å²) in [7, 11) is 3.61. The fourth-order valence-electron chi connectivity index (χ4n) is 1.64. The lowest BCUT2D eigenvalue weighted by Gasteiger charge is -2.17. The summed E-state index contributed by atoms with van der Waals surface area (Å²) in [6.07, 6.45) is 1.66. The minimum Gasteiger partial charge on any atom is -0.292 e. The van der Waals surface area contributed by atoms with Gasteiger partial charge in [0.1, 0.15) is 0 Å². The first-order valence-electron chi connectivity index (χ1n) is 5.63. The van der Waals surface area contributed by atoms with Crippen LogP contribution in [0, 0.1) is 0 Å². The first kappa shape index (κ1) is 14.1. The van der Waals surface area contributed by atoms with Crippen molar-refractivity contribution >= 4 is 40.6 Å². The van der Waals surface area contributed by atoms with Crippen LogP contribution in [0.1, 0.15) is 5.56 Å². The Bertz CT molecular complexity index is 557. The number of carbonyl (C=O) groups excluding carboxylic acids is 2. The Morgan fingerprint density at radius 1 is 1.32 bits per heavy atom. The molecule has 0 spiro atoms. The molecule has 19 heavy (non-hydrogen) atoms. The average molecular weight is 297 g/mol. The first-order chi connectivity index (χ1) is 8.99. The minimum atomic E-state index is -0.274. The lowest BCUT2D eigenvalue weighted by molar-refractivity contribution is -0.123. The topological polar surface area (TPSA) is 40.6 Å². The molecule has 0 bridgehead atoms. The number of amides is 2. The Balaban J connectivity index is 2.26. The lowest BCUT2D eigenvalue weighted by Crippen LogP contribution is -2.36. The summed E-state index contributed by atoms with van der Waals surface area (Å²) in [5, 5.41) is 0.305. The van der Waals surface area contributed by atoms with Crippen LogP contribution in [-0.2, 0) is 4.79 Å². The molecule has 100 valence electrons. The van der Waals surface area contributed by atoms with E-state index in [1.54, 1.807) is 31.1 Å². The lowest BCUT2D eigenvalue weighted by atomic mass is 10.2. The van der Waals surface area contributed by atoms with E-state index >= 15 is 0 Å². The fourth-order valence-corrected chi connectivity index (χ4v) is 2.65. The van der Waals surface area contributed by atoms with Gasteiger partial charge in [0.15, 0.2) is 0 Å². The number of halogens is 1. The highest BCUT2D eigenvalue weighted by atomic mass is 35.5. The van der Waals surface area contributed by atoms with Crippen molar-refractivity contribution in [3.8, 4) is 0 Å². The van der Waals surface area contributed by atoms with E-state index < -0.39 is 0 Å². The Hall–Kier alpha value is -1.30. The van der Waals surface area contributed by atoms with Crippen LogP contribution in [0.3, 0.4) is 0 Å². The van der Waals surface area contributed by atoms with E-state index in [2.05, 4.69) is 0 Å². The summed E-state index contributed by atoms with van der Waals surface area (Å²) in [5.74, 6) is -0.274. The van der Waals surface area contributed by atoms with E-state index in [-0.39, 0.29) is 17.8 Å². The van der Waals surface area contributed by atoms with Gasteiger partial charge in [-0.05, 0) is 43.6 Å². The highest BCUT2D eigenvalue weighted by molar-refractivity contribution is 8.18. The molecule has 1 saturated heterocycles. The summed E-state index contributed by atoms with van der Waals surface area (Å²) in [6.45, 7) is 0.282. The number of carbonyl (C=O) groups is 2. The predicted molar refractivity (Wildman–Crippen MR) is 77.8 cm³/mol. The third-order valence-corrected chi connectivity index (χ3v) is 3.74. The quantitative estimate of drug-likeness (QED) is 0.804. The first-order valence-corrected chi connectivity index (χ1v) is 6.83. The van der Waals surface area contributed by atoms with Gasteiger partial charge >= 0.3 is 0 Å². The summed E-state index contributed by atoms with van der Waals surface area (Å²) in [4.78, 5) is 27.3. The van der Waals surface area contributed by atoms with Crippen LogP contribution in [-0.4, -0.2) is 41.7 Å². The molecule has 1 aromatic rings. The minimum absolute atomic E-state index is 0.253. The molecule has 0 N–H and O–H groups in total. The van der Waals surface area contributed by atoms with Gasteiger partial charge in [-0.15, -0.1) is 0 Å². The molecule has 2 amide bonds. The van der Waals surface area contributed by atoms with Crippen molar-refractivity contribution in [1.29, 1.82) is 0 Å². The summed E-state index contributed by atoms with van der Waals surface area (Å²) < 4.78 is 0. The van der Waals surface area contributed by atoms with Gasteiger partial charge < -0.3 is 0 Å². The normalized spacial score (nSPS) is 17.9. The third kappa shape index (κ3) is 3.18. The van der Waals surface area contributed by atoms with Gasteiger partial charge in [-0.25, -0.2) is 0 Å². The molecule has 1 heterocycles. The fraction of sp³-hybridized carbons (Fsp3) is 0.231. The maximum atomic E-state index is 12.1. The molecule has 0 unspecified atom stereocenters. The van der Waals surface area contributed by atoms with Gasteiger partial charge in [-0.2, -0.15) is 0 Å². The molecule has 0 saturated carbocycles. The van der Waals surface area contributed by atoms with E-state index in [0.29, 0.717) is 9.93 Å². The third-order valence-electron chi connectivity index (χ3n) is 2.49.